The fourth-order valence-corrected chi connectivity index (χ4v) is 4.88. The second-order valence-electron chi connectivity index (χ2n) is 5.54. The lowest BCUT2D eigenvalue weighted by Crippen LogP contribution is -2.10. The number of allylic oxidation sites excluding steroid dienone is 2. The van der Waals surface area contributed by atoms with Crippen LogP contribution < -0.4 is 0 Å². The Labute approximate surface area is 121 Å². The van der Waals surface area contributed by atoms with Crippen LogP contribution >= 0.6 is 23.5 Å². The van der Waals surface area contributed by atoms with Gasteiger partial charge in [0.15, 0.2) is 0 Å². The maximum Gasteiger partial charge on any atom is 0.135 e. The van der Waals surface area contributed by atoms with Gasteiger partial charge in [-0.05, 0) is 33.1 Å². The van der Waals surface area contributed by atoms with Crippen LogP contribution in [0.4, 0.5) is 0 Å². The molecule has 0 aromatic rings. The standard InChI is InChI=1S/C15H26OS2/c1-12(2)14(16)8-7-13(3)6-5-9-15(4)17-10-11-18-15/h6,12H,5,7-11H2,1-4H3/b13-6+. The molecule has 0 unspecified atom stereocenters. The summed E-state index contributed by atoms with van der Waals surface area (Å²) in [4.78, 5) is 11.5. The van der Waals surface area contributed by atoms with Gasteiger partial charge in [0.2, 0.25) is 0 Å². The molecule has 0 radical (unpaired) electrons. The summed E-state index contributed by atoms with van der Waals surface area (Å²) >= 11 is 4.20. The maximum absolute atomic E-state index is 11.5. The first-order valence-corrected chi connectivity index (χ1v) is 8.86. The van der Waals surface area contributed by atoms with E-state index in [1.165, 1.54) is 23.5 Å². The first-order chi connectivity index (χ1) is 8.43. The summed E-state index contributed by atoms with van der Waals surface area (Å²) < 4.78 is 0.435. The fraction of sp³-hybridized carbons (Fsp3) is 0.800. The highest BCUT2D eigenvalue weighted by atomic mass is 32.2. The van der Waals surface area contributed by atoms with Crippen molar-refractivity contribution < 1.29 is 4.79 Å². The number of hydrogen-bond donors (Lipinski definition) is 0. The van der Waals surface area contributed by atoms with Crippen molar-refractivity contribution in [3.8, 4) is 0 Å². The van der Waals surface area contributed by atoms with Crippen LogP contribution in [-0.4, -0.2) is 21.4 Å². The Morgan fingerprint density at radius 3 is 2.44 bits per heavy atom. The van der Waals surface area contributed by atoms with Crippen molar-refractivity contribution in [3.63, 3.8) is 0 Å². The molecule has 1 fully saturated rings. The second-order valence-corrected chi connectivity index (χ2v) is 9.00. The van der Waals surface area contributed by atoms with Crippen molar-refractivity contribution in [1.29, 1.82) is 0 Å². The van der Waals surface area contributed by atoms with Gasteiger partial charge >= 0.3 is 0 Å². The van der Waals surface area contributed by atoms with Gasteiger partial charge in [0, 0.05) is 23.8 Å². The van der Waals surface area contributed by atoms with Crippen LogP contribution in [0.1, 0.15) is 53.4 Å². The lowest BCUT2D eigenvalue weighted by molar-refractivity contribution is -0.121. The highest BCUT2D eigenvalue weighted by molar-refractivity contribution is 8.21. The third-order valence-electron chi connectivity index (χ3n) is 3.40. The molecule has 3 heteroatoms. The van der Waals surface area contributed by atoms with Crippen molar-refractivity contribution in [2.45, 2.75) is 57.5 Å². The van der Waals surface area contributed by atoms with E-state index < -0.39 is 0 Å². The van der Waals surface area contributed by atoms with Gasteiger partial charge in [-0.25, -0.2) is 0 Å². The molecule has 0 aliphatic carbocycles. The number of hydrogen-bond acceptors (Lipinski definition) is 3. The molecule has 104 valence electrons. The van der Waals surface area contributed by atoms with Crippen LogP contribution in [0.2, 0.25) is 0 Å². The minimum Gasteiger partial charge on any atom is -0.299 e. The molecule has 0 spiro atoms. The van der Waals surface area contributed by atoms with E-state index in [-0.39, 0.29) is 5.92 Å². The zero-order valence-electron chi connectivity index (χ0n) is 12.1. The zero-order chi connectivity index (χ0) is 13.6. The molecule has 1 rings (SSSR count). The van der Waals surface area contributed by atoms with Crippen LogP contribution in [0.15, 0.2) is 11.6 Å². The Morgan fingerprint density at radius 2 is 1.89 bits per heavy atom. The van der Waals surface area contributed by atoms with E-state index in [0.29, 0.717) is 16.3 Å². The molecule has 0 aromatic carbocycles. The van der Waals surface area contributed by atoms with Gasteiger partial charge < -0.3 is 0 Å². The van der Waals surface area contributed by atoms with Crippen LogP contribution in [0, 0.1) is 5.92 Å². The topological polar surface area (TPSA) is 17.1 Å². The van der Waals surface area contributed by atoms with Crippen molar-refractivity contribution in [2.75, 3.05) is 11.5 Å². The maximum atomic E-state index is 11.5. The van der Waals surface area contributed by atoms with Gasteiger partial charge in [0.1, 0.15) is 5.78 Å². The molecule has 1 aliphatic rings. The minimum absolute atomic E-state index is 0.183. The van der Waals surface area contributed by atoms with Crippen molar-refractivity contribution >= 4 is 29.3 Å². The van der Waals surface area contributed by atoms with E-state index in [2.05, 4.69) is 43.4 Å². The largest absolute Gasteiger partial charge is 0.299 e. The van der Waals surface area contributed by atoms with Crippen LogP contribution in [0.3, 0.4) is 0 Å². The highest BCUT2D eigenvalue weighted by Gasteiger charge is 2.29. The average molecular weight is 287 g/mol. The first kappa shape index (κ1) is 16.2. The molecular formula is C15H26OS2. The van der Waals surface area contributed by atoms with Gasteiger partial charge in [0.25, 0.3) is 0 Å². The molecule has 1 nitrogen and oxygen atoms in total. The Hall–Kier alpha value is 0.110. The van der Waals surface area contributed by atoms with E-state index in [9.17, 15) is 4.79 Å². The number of thioether (sulfide) groups is 2. The van der Waals surface area contributed by atoms with E-state index in [1.807, 2.05) is 13.8 Å². The van der Waals surface area contributed by atoms with E-state index in [4.69, 9.17) is 0 Å². The molecule has 18 heavy (non-hydrogen) atoms. The molecule has 0 N–H and O–H groups in total. The molecule has 0 atom stereocenters. The molecule has 0 bridgehead atoms. The summed E-state index contributed by atoms with van der Waals surface area (Å²) in [6.07, 6.45) is 6.38. The molecule has 0 amide bonds. The Bertz CT molecular complexity index is 302. The highest BCUT2D eigenvalue weighted by Crippen LogP contribution is 2.46. The van der Waals surface area contributed by atoms with E-state index in [0.717, 1.165) is 12.8 Å². The minimum atomic E-state index is 0.183. The van der Waals surface area contributed by atoms with Crippen LogP contribution in [0.5, 0.6) is 0 Å². The number of rotatable bonds is 7. The summed E-state index contributed by atoms with van der Waals surface area (Å²) in [6.45, 7) is 8.49. The Balaban J connectivity index is 2.23. The molecule has 1 aliphatic heterocycles. The summed E-state index contributed by atoms with van der Waals surface area (Å²) in [5.74, 6) is 3.17. The number of carbonyl (C=O) groups is 1. The second kappa shape index (κ2) is 7.64. The molecule has 1 saturated heterocycles. The predicted octanol–water partition coefficient (Wildman–Crippen LogP) is 4.91. The van der Waals surface area contributed by atoms with Crippen LogP contribution in [0.25, 0.3) is 0 Å². The summed E-state index contributed by atoms with van der Waals surface area (Å²) in [7, 11) is 0. The molecule has 1 heterocycles. The summed E-state index contributed by atoms with van der Waals surface area (Å²) in [5.41, 5.74) is 1.38. The van der Waals surface area contributed by atoms with Gasteiger partial charge in [-0.3, -0.25) is 4.79 Å². The third-order valence-corrected chi connectivity index (χ3v) is 6.81. The number of ketones is 1. The summed E-state index contributed by atoms with van der Waals surface area (Å²) in [5, 5.41) is 0. The van der Waals surface area contributed by atoms with Gasteiger partial charge in [-0.2, -0.15) is 0 Å². The van der Waals surface area contributed by atoms with E-state index >= 15 is 0 Å². The number of Topliss-reactive ketones (excluding diaryl/α,β-unsaturated/α-hetero) is 1. The van der Waals surface area contributed by atoms with Crippen molar-refractivity contribution in [2.24, 2.45) is 5.92 Å². The van der Waals surface area contributed by atoms with Crippen molar-refractivity contribution in [3.05, 3.63) is 11.6 Å². The molecule has 0 saturated carbocycles. The van der Waals surface area contributed by atoms with E-state index in [1.54, 1.807) is 0 Å². The third kappa shape index (κ3) is 5.83. The lowest BCUT2D eigenvalue weighted by Gasteiger charge is -2.20. The lowest BCUT2D eigenvalue weighted by atomic mass is 10.0. The monoisotopic (exact) mass is 286 g/mol. The Kier molecular flexibility index (Phi) is 6.86. The predicted molar refractivity (Wildman–Crippen MR) is 85.4 cm³/mol. The van der Waals surface area contributed by atoms with Gasteiger partial charge in [-0.15, -0.1) is 23.5 Å². The summed E-state index contributed by atoms with van der Waals surface area (Å²) in [6, 6.07) is 0. The zero-order valence-corrected chi connectivity index (χ0v) is 13.8. The average Bonchev–Trinajstić information content (AvgIpc) is 2.73. The smallest absolute Gasteiger partial charge is 0.135 e. The SMILES string of the molecule is C/C(=C\CCC1(C)SCCS1)CCC(=O)C(C)C. The van der Waals surface area contributed by atoms with Crippen LogP contribution in [-0.2, 0) is 4.79 Å². The van der Waals surface area contributed by atoms with Gasteiger partial charge in [-0.1, -0.05) is 25.5 Å². The quantitative estimate of drug-likeness (QED) is 0.619. The Morgan fingerprint density at radius 1 is 1.28 bits per heavy atom. The van der Waals surface area contributed by atoms with Crippen molar-refractivity contribution in [1.82, 2.24) is 0 Å². The van der Waals surface area contributed by atoms with Gasteiger partial charge in [0.05, 0.1) is 4.08 Å². The molecule has 0 aromatic heterocycles. The normalized spacial score (nSPS) is 19.5. The molecular weight excluding hydrogens is 260 g/mol. The fourth-order valence-electron chi connectivity index (χ4n) is 1.99. The first-order valence-electron chi connectivity index (χ1n) is 6.89. The number of carbonyl (C=O) groups excluding carboxylic acids is 1.